The van der Waals surface area contributed by atoms with E-state index in [2.05, 4.69) is 12.2 Å². The van der Waals surface area contributed by atoms with Gasteiger partial charge in [0, 0.05) is 6.04 Å². The van der Waals surface area contributed by atoms with Crippen LogP contribution in [-0.4, -0.2) is 25.8 Å². The van der Waals surface area contributed by atoms with E-state index in [1.54, 1.807) is 7.11 Å². The molecule has 3 heteroatoms. The second kappa shape index (κ2) is 8.15. The highest BCUT2D eigenvalue weighted by atomic mass is 16.5. The van der Waals surface area contributed by atoms with Gasteiger partial charge in [0.25, 0.3) is 0 Å². The van der Waals surface area contributed by atoms with E-state index >= 15 is 0 Å². The van der Waals surface area contributed by atoms with Crippen molar-refractivity contribution in [3.8, 4) is 11.5 Å². The topological polar surface area (TPSA) is 30.5 Å². The molecule has 2 rings (SSSR count). The van der Waals surface area contributed by atoms with Gasteiger partial charge in [-0.25, -0.2) is 0 Å². The van der Waals surface area contributed by atoms with Gasteiger partial charge in [-0.05, 0) is 56.5 Å². The average Bonchev–Trinajstić information content (AvgIpc) is 2.71. The fraction of sp³-hybridized carbons (Fsp3) is 0.647. The van der Waals surface area contributed by atoms with E-state index < -0.39 is 0 Å². The minimum atomic E-state index is 0.289. The van der Waals surface area contributed by atoms with Gasteiger partial charge >= 0.3 is 0 Å². The number of benzene rings is 1. The summed E-state index contributed by atoms with van der Waals surface area (Å²) in [6.45, 7) is 3.29. The molecule has 1 fully saturated rings. The molecule has 0 radical (unpaired) electrons. The molecular weight excluding hydrogens is 250 g/mol. The molecule has 1 aromatic rings. The van der Waals surface area contributed by atoms with E-state index in [4.69, 9.17) is 9.47 Å². The molecule has 1 N–H and O–H groups in total. The Morgan fingerprint density at radius 3 is 2.45 bits per heavy atom. The molecule has 2 unspecified atom stereocenters. The summed E-state index contributed by atoms with van der Waals surface area (Å²) in [5.41, 5.74) is 0. The summed E-state index contributed by atoms with van der Waals surface area (Å²) in [6, 6.07) is 8.40. The zero-order valence-corrected chi connectivity index (χ0v) is 12.7. The third-order valence-electron chi connectivity index (χ3n) is 3.96. The van der Waals surface area contributed by atoms with Crippen LogP contribution in [0.2, 0.25) is 0 Å². The molecule has 0 bridgehead atoms. The van der Waals surface area contributed by atoms with Crippen LogP contribution in [0.4, 0.5) is 0 Å². The lowest BCUT2D eigenvalue weighted by molar-refractivity contribution is 0.144. The van der Waals surface area contributed by atoms with E-state index in [0.717, 1.165) is 24.5 Å². The molecule has 1 aliphatic rings. The lowest BCUT2D eigenvalue weighted by Crippen LogP contribution is -2.42. The van der Waals surface area contributed by atoms with Gasteiger partial charge in [-0.1, -0.05) is 19.8 Å². The van der Waals surface area contributed by atoms with Gasteiger partial charge in [0.15, 0.2) is 0 Å². The monoisotopic (exact) mass is 277 g/mol. The van der Waals surface area contributed by atoms with Crippen molar-refractivity contribution in [2.24, 2.45) is 0 Å². The standard InChI is InChI=1S/C17H27NO2/c1-3-13-18-16-7-5-4-6-8-17(16)20-15-11-9-14(19-2)10-12-15/h9-12,16-18H,3-8,13H2,1-2H3. The maximum atomic E-state index is 6.23. The summed E-state index contributed by atoms with van der Waals surface area (Å²) in [5.74, 6) is 1.82. The number of nitrogens with one attached hydrogen (secondary N) is 1. The van der Waals surface area contributed by atoms with Crippen LogP contribution in [0.5, 0.6) is 11.5 Å². The number of hydrogen-bond donors (Lipinski definition) is 1. The first-order valence-electron chi connectivity index (χ1n) is 7.87. The molecule has 3 nitrogen and oxygen atoms in total. The fourth-order valence-corrected chi connectivity index (χ4v) is 2.81. The predicted molar refractivity (Wildman–Crippen MR) is 82.6 cm³/mol. The van der Waals surface area contributed by atoms with Gasteiger partial charge in [0.1, 0.15) is 17.6 Å². The molecule has 0 aromatic heterocycles. The van der Waals surface area contributed by atoms with Crippen molar-refractivity contribution in [3.05, 3.63) is 24.3 Å². The van der Waals surface area contributed by atoms with E-state index in [1.165, 1.54) is 32.1 Å². The summed E-state index contributed by atoms with van der Waals surface area (Å²) in [7, 11) is 1.69. The third-order valence-corrected chi connectivity index (χ3v) is 3.96. The highest BCUT2D eigenvalue weighted by molar-refractivity contribution is 5.31. The quantitative estimate of drug-likeness (QED) is 0.803. The molecule has 20 heavy (non-hydrogen) atoms. The molecule has 0 spiro atoms. The van der Waals surface area contributed by atoms with Gasteiger partial charge in [0.05, 0.1) is 7.11 Å². The van der Waals surface area contributed by atoms with Gasteiger partial charge in [0.2, 0.25) is 0 Å². The van der Waals surface area contributed by atoms with Crippen LogP contribution in [0.15, 0.2) is 24.3 Å². The van der Waals surface area contributed by atoms with Gasteiger partial charge in [-0.2, -0.15) is 0 Å². The maximum absolute atomic E-state index is 6.23. The molecule has 0 amide bonds. The summed E-state index contributed by atoms with van der Waals surface area (Å²) in [4.78, 5) is 0. The largest absolute Gasteiger partial charge is 0.497 e. The molecule has 0 saturated heterocycles. The Morgan fingerprint density at radius 1 is 1.05 bits per heavy atom. The van der Waals surface area contributed by atoms with Crippen LogP contribution in [0.1, 0.15) is 45.4 Å². The summed E-state index contributed by atoms with van der Waals surface area (Å²) < 4.78 is 11.4. The number of ether oxygens (including phenoxy) is 2. The minimum Gasteiger partial charge on any atom is -0.497 e. The highest BCUT2D eigenvalue weighted by Gasteiger charge is 2.24. The molecular formula is C17H27NO2. The Labute approximate surface area is 122 Å². The van der Waals surface area contributed by atoms with Crippen LogP contribution >= 0.6 is 0 Å². The Balaban J connectivity index is 1.98. The third kappa shape index (κ3) is 4.41. The maximum Gasteiger partial charge on any atom is 0.120 e. The Hall–Kier alpha value is -1.22. The van der Waals surface area contributed by atoms with Crippen molar-refractivity contribution in [2.45, 2.75) is 57.6 Å². The highest BCUT2D eigenvalue weighted by Crippen LogP contribution is 2.25. The van der Waals surface area contributed by atoms with E-state index in [0.29, 0.717) is 6.04 Å². The number of hydrogen-bond acceptors (Lipinski definition) is 3. The summed E-state index contributed by atoms with van der Waals surface area (Å²) in [5, 5.41) is 3.65. The van der Waals surface area contributed by atoms with Crippen LogP contribution in [0.3, 0.4) is 0 Å². The molecule has 112 valence electrons. The number of rotatable bonds is 6. The fourth-order valence-electron chi connectivity index (χ4n) is 2.81. The van der Waals surface area contributed by atoms with Crippen molar-refractivity contribution < 1.29 is 9.47 Å². The summed E-state index contributed by atoms with van der Waals surface area (Å²) >= 11 is 0. The van der Waals surface area contributed by atoms with Crippen molar-refractivity contribution in [2.75, 3.05) is 13.7 Å². The molecule has 1 aromatic carbocycles. The molecule has 1 aliphatic carbocycles. The van der Waals surface area contributed by atoms with Crippen molar-refractivity contribution in [1.82, 2.24) is 5.32 Å². The minimum absolute atomic E-state index is 0.289. The summed E-state index contributed by atoms with van der Waals surface area (Å²) in [6.07, 6.45) is 7.74. The van der Waals surface area contributed by atoms with E-state index in [1.807, 2.05) is 24.3 Å². The van der Waals surface area contributed by atoms with E-state index in [-0.39, 0.29) is 6.10 Å². The van der Waals surface area contributed by atoms with Crippen LogP contribution in [0, 0.1) is 0 Å². The van der Waals surface area contributed by atoms with Gasteiger partial charge in [-0.3, -0.25) is 0 Å². The SMILES string of the molecule is CCCNC1CCCCCC1Oc1ccc(OC)cc1. The van der Waals surface area contributed by atoms with Crippen molar-refractivity contribution in [3.63, 3.8) is 0 Å². The smallest absolute Gasteiger partial charge is 0.120 e. The Kier molecular flexibility index (Phi) is 6.19. The lowest BCUT2D eigenvalue weighted by Gasteiger charge is -2.27. The Bertz CT molecular complexity index is 377. The average molecular weight is 277 g/mol. The molecule has 0 aliphatic heterocycles. The normalized spacial score (nSPS) is 23.1. The second-order valence-corrected chi connectivity index (χ2v) is 5.53. The first-order valence-corrected chi connectivity index (χ1v) is 7.87. The first-order chi connectivity index (χ1) is 9.83. The Morgan fingerprint density at radius 2 is 1.75 bits per heavy atom. The van der Waals surface area contributed by atoms with Crippen molar-refractivity contribution >= 4 is 0 Å². The molecule has 2 atom stereocenters. The number of methoxy groups -OCH3 is 1. The van der Waals surface area contributed by atoms with Crippen LogP contribution < -0.4 is 14.8 Å². The molecule has 1 saturated carbocycles. The van der Waals surface area contributed by atoms with Crippen molar-refractivity contribution in [1.29, 1.82) is 0 Å². The van der Waals surface area contributed by atoms with Crippen LogP contribution in [0.25, 0.3) is 0 Å². The van der Waals surface area contributed by atoms with E-state index in [9.17, 15) is 0 Å². The second-order valence-electron chi connectivity index (χ2n) is 5.53. The zero-order chi connectivity index (χ0) is 14.2. The predicted octanol–water partition coefficient (Wildman–Crippen LogP) is 3.77. The molecule has 0 heterocycles. The van der Waals surface area contributed by atoms with Gasteiger partial charge < -0.3 is 14.8 Å². The lowest BCUT2D eigenvalue weighted by atomic mass is 10.1. The zero-order valence-electron chi connectivity index (χ0n) is 12.7. The first kappa shape index (κ1) is 15.2. The van der Waals surface area contributed by atoms with Crippen LogP contribution in [-0.2, 0) is 0 Å². The van der Waals surface area contributed by atoms with Gasteiger partial charge in [-0.15, -0.1) is 0 Å².